The quantitative estimate of drug-likeness (QED) is 0.753. The van der Waals surface area contributed by atoms with Crippen LogP contribution in [0.15, 0.2) is 10.6 Å². The van der Waals surface area contributed by atoms with Gasteiger partial charge >= 0.3 is 0 Å². The third-order valence-electron chi connectivity index (χ3n) is 2.78. The summed E-state index contributed by atoms with van der Waals surface area (Å²) in [5.74, 6) is 0.824. The van der Waals surface area contributed by atoms with Crippen LogP contribution in [-0.2, 0) is 6.54 Å². The third kappa shape index (κ3) is 2.78. The lowest BCUT2D eigenvalue weighted by molar-refractivity contribution is 0.0516. The van der Waals surface area contributed by atoms with E-state index in [1.165, 1.54) is 0 Å². The van der Waals surface area contributed by atoms with E-state index < -0.39 is 5.67 Å². The maximum absolute atomic E-state index is 13.7. The normalized spacial score (nSPS) is 28.2. The Hall–Kier alpha value is -0.900. The summed E-state index contributed by atoms with van der Waals surface area (Å²) in [7, 11) is 0. The van der Waals surface area contributed by atoms with E-state index in [0.29, 0.717) is 19.5 Å². The standard InChI is InChI=1S/C11H17FN2O/c1-9-6-10(15-13-9)7-14-5-3-4-11(2,12)8-14/h6H,3-5,7-8H2,1-2H3. The molecule has 1 aromatic rings. The number of likely N-dealkylation sites (tertiary alicyclic amines) is 1. The molecular weight excluding hydrogens is 195 g/mol. The van der Waals surface area contributed by atoms with Gasteiger partial charge in [-0.15, -0.1) is 0 Å². The molecule has 1 aliphatic rings. The Morgan fingerprint density at radius 1 is 1.67 bits per heavy atom. The molecule has 84 valence electrons. The molecule has 2 rings (SSSR count). The lowest BCUT2D eigenvalue weighted by atomic mass is 9.97. The minimum atomic E-state index is -1.05. The van der Waals surface area contributed by atoms with Gasteiger partial charge in [0.25, 0.3) is 0 Å². The average Bonchev–Trinajstić information content (AvgIpc) is 2.49. The number of aryl methyl sites for hydroxylation is 1. The molecule has 0 radical (unpaired) electrons. The summed E-state index contributed by atoms with van der Waals surface area (Å²) >= 11 is 0. The molecule has 0 saturated carbocycles. The van der Waals surface area contributed by atoms with Crippen molar-refractivity contribution in [3.05, 3.63) is 17.5 Å². The summed E-state index contributed by atoms with van der Waals surface area (Å²) in [6, 6.07) is 1.91. The van der Waals surface area contributed by atoms with Crippen LogP contribution in [0.3, 0.4) is 0 Å². The highest BCUT2D eigenvalue weighted by Crippen LogP contribution is 2.25. The van der Waals surface area contributed by atoms with E-state index in [4.69, 9.17) is 4.52 Å². The van der Waals surface area contributed by atoms with Crippen LogP contribution in [0.4, 0.5) is 4.39 Å². The second-order valence-electron chi connectivity index (χ2n) is 4.66. The van der Waals surface area contributed by atoms with E-state index in [-0.39, 0.29) is 0 Å². The fourth-order valence-corrected chi connectivity index (χ4v) is 2.14. The molecule has 0 aromatic carbocycles. The van der Waals surface area contributed by atoms with Gasteiger partial charge in [-0.2, -0.15) is 0 Å². The van der Waals surface area contributed by atoms with Crippen LogP contribution in [-0.4, -0.2) is 28.8 Å². The molecule has 1 fully saturated rings. The molecule has 1 saturated heterocycles. The van der Waals surface area contributed by atoms with E-state index in [2.05, 4.69) is 10.1 Å². The van der Waals surface area contributed by atoms with E-state index in [0.717, 1.165) is 24.4 Å². The van der Waals surface area contributed by atoms with Crippen LogP contribution >= 0.6 is 0 Å². The van der Waals surface area contributed by atoms with Crippen LogP contribution in [0.2, 0.25) is 0 Å². The van der Waals surface area contributed by atoms with Gasteiger partial charge < -0.3 is 4.52 Å². The Bertz CT molecular complexity index is 335. The maximum Gasteiger partial charge on any atom is 0.150 e. The van der Waals surface area contributed by atoms with Crippen molar-refractivity contribution in [2.45, 2.75) is 38.9 Å². The van der Waals surface area contributed by atoms with Gasteiger partial charge in [0.05, 0.1) is 12.2 Å². The predicted octanol–water partition coefficient (Wildman–Crippen LogP) is 2.31. The van der Waals surface area contributed by atoms with Crippen molar-refractivity contribution in [3.8, 4) is 0 Å². The summed E-state index contributed by atoms with van der Waals surface area (Å²) in [6.45, 7) is 5.67. The number of piperidine rings is 1. The second kappa shape index (κ2) is 3.93. The van der Waals surface area contributed by atoms with Gasteiger partial charge in [0.1, 0.15) is 5.67 Å². The van der Waals surface area contributed by atoms with Crippen molar-refractivity contribution in [3.63, 3.8) is 0 Å². The Morgan fingerprint density at radius 3 is 3.07 bits per heavy atom. The fourth-order valence-electron chi connectivity index (χ4n) is 2.14. The molecule has 3 nitrogen and oxygen atoms in total. The molecule has 1 aromatic heterocycles. The number of rotatable bonds is 2. The van der Waals surface area contributed by atoms with E-state index in [1.54, 1.807) is 6.92 Å². The van der Waals surface area contributed by atoms with Crippen molar-refractivity contribution < 1.29 is 8.91 Å². The van der Waals surface area contributed by atoms with Gasteiger partial charge in [-0.1, -0.05) is 5.16 Å². The topological polar surface area (TPSA) is 29.3 Å². The van der Waals surface area contributed by atoms with Gasteiger partial charge in [-0.3, -0.25) is 4.90 Å². The molecule has 0 aliphatic carbocycles. The van der Waals surface area contributed by atoms with Gasteiger partial charge in [-0.25, -0.2) is 4.39 Å². The van der Waals surface area contributed by atoms with Crippen molar-refractivity contribution in [1.82, 2.24) is 10.1 Å². The number of hydrogen-bond acceptors (Lipinski definition) is 3. The number of aromatic nitrogens is 1. The average molecular weight is 212 g/mol. The SMILES string of the molecule is Cc1cc(CN2CCCC(C)(F)C2)on1. The Labute approximate surface area is 89.2 Å². The first-order valence-corrected chi connectivity index (χ1v) is 5.39. The highest BCUT2D eigenvalue weighted by Gasteiger charge is 2.30. The largest absolute Gasteiger partial charge is 0.360 e. The highest BCUT2D eigenvalue weighted by molar-refractivity contribution is 5.03. The third-order valence-corrected chi connectivity index (χ3v) is 2.78. The summed E-state index contributed by atoms with van der Waals surface area (Å²) < 4.78 is 18.9. The first kappa shape index (κ1) is 10.6. The zero-order chi connectivity index (χ0) is 10.9. The molecule has 15 heavy (non-hydrogen) atoms. The number of alkyl halides is 1. The molecule has 1 aliphatic heterocycles. The molecular formula is C11H17FN2O. The summed E-state index contributed by atoms with van der Waals surface area (Å²) in [6.07, 6.45) is 1.58. The summed E-state index contributed by atoms with van der Waals surface area (Å²) in [4.78, 5) is 2.09. The number of nitrogens with zero attached hydrogens (tertiary/aromatic N) is 2. The minimum absolute atomic E-state index is 0.493. The molecule has 0 N–H and O–H groups in total. The smallest absolute Gasteiger partial charge is 0.150 e. The molecule has 1 unspecified atom stereocenters. The Balaban J connectivity index is 1.95. The predicted molar refractivity (Wildman–Crippen MR) is 55.3 cm³/mol. The van der Waals surface area contributed by atoms with Crippen molar-refractivity contribution in [2.24, 2.45) is 0 Å². The number of halogens is 1. The van der Waals surface area contributed by atoms with Crippen LogP contribution < -0.4 is 0 Å². The summed E-state index contributed by atoms with van der Waals surface area (Å²) in [5, 5.41) is 3.82. The van der Waals surface area contributed by atoms with Gasteiger partial charge in [0, 0.05) is 12.6 Å². The lowest BCUT2D eigenvalue weighted by Gasteiger charge is -2.34. The van der Waals surface area contributed by atoms with Gasteiger partial charge in [-0.05, 0) is 33.2 Å². The van der Waals surface area contributed by atoms with Crippen LogP contribution in [0.5, 0.6) is 0 Å². The van der Waals surface area contributed by atoms with E-state index >= 15 is 0 Å². The zero-order valence-corrected chi connectivity index (χ0v) is 9.29. The molecule has 0 spiro atoms. The molecule has 1 atom stereocenters. The summed E-state index contributed by atoms with van der Waals surface area (Å²) in [5.41, 5.74) is -0.169. The van der Waals surface area contributed by atoms with Crippen LogP contribution in [0.25, 0.3) is 0 Å². The highest BCUT2D eigenvalue weighted by atomic mass is 19.1. The molecule has 4 heteroatoms. The molecule has 2 heterocycles. The molecule has 0 bridgehead atoms. The lowest BCUT2D eigenvalue weighted by Crippen LogP contribution is -2.42. The van der Waals surface area contributed by atoms with Crippen molar-refractivity contribution >= 4 is 0 Å². The Morgan fingerprint density at radius 2 is 2.47 bits per heavy atom. The fraction of sp³-hybridized carbons (Fsp3) is 0.727. The van der Waals surface area contributed by atoms with Gasteiger partial charge in [0.2, 0.25) is 0 Å². The first-order valence-electron chi connectivity index (χ1n) is 5.39. The van der Waals surface area contributed by atoms with Crippen molar-refractivity contribution in [1.29, 1.82) is 0 Å². The number of hydrogen-bond donors (Lipinski definition) is 0. The zero-order valence-electron chi connectivity index (χ0n) is 9.29. The van der Waals surface area contributed by atoms with Crippen molar-refractivity contribution in [2.75, 3.05) is 13.1 Å². The Kier molecular flexibility index (Phi) is 2.78. The minimum Gasteiger partial charge on any atom is -0.360 e. The second-order valence-corrected chi connectivity index (χ2v) is 4.66. The van der Waals surface area contributed by atoms with E-state index in [9.17, 15) is 4.39 Å². The van der Waals surface area contributed by atoms with Crippen LogP contribution in [0.1, 0.15) is 31.2 Å². The first-order chi connectivity index (χ1) is 7.05. The monoisotopic (exact) mass is 212 g/mol. The maximum atomic E-state index is 13.7. The van der Waals surface area contributed by atoms with E-state index in [1.807, 2.05) is 13.0 Å². The van der Waals surface area contributed by atoms with Gasteiger partial charge in [0.15, 0.2) is 5.76 Å². The molecule has 0 amide bonds. The van der Waals surface area contributed by atoms with Crippen LogP contribution in [0, 0.1) is 6.92 Å².